The number of carbonyl (C=O) groups is 2. The zero-order valence-electron chi connectivity index (χ0n) is 18.0. The minimum atomic E-state index is -0.585. The van der Waals surface area contributed by atoms with E-state index >= 15 is 0 Å². The van der Waals surface area contributed by atoms with Gasteiger partial charge in [-0.3, -0.25) is 9.59 Å². The molecule has 0 fully saturated rings. The van der Waals surface area contributed by atoms with Crippen LogP contribution in [0, 0.1) is 0 Å². The van der Waals surface area contributed by atoms with Crippen LogP contribution in [0.5, 0.6) is 5.75 Å². The lowest BCUT2D eigenvalue weighted by atomic mass is 10.1. The van der Waals surface area contributed by atoms with Crippen molar-refractivity contribution in [2.45, 2.75) is 32.4 Å². The molecule has 1 atom stereocenters. The molecule has 1 N–H and O–H groups in total. The first kappa shape index (κ1) is 22.1. The monoisotopic (exact) mass is 416 g/mol. The number of benzene rings is 3. The zero-order valence-corrected chi connectivity index (χ0v) is 18.0. The van der Waals surface area contributed by atoms with Crippen LogP contribution in [0.15, 0.2) is 84.9 Å². The summed E-state index contributed by atoms with van der Waals surface area (Å²) in [7, 11) is 1.60. The summed E-state index contributed by atoms with van der Waals surface area (Å²) in [5.74, 6) is 0.436. The van der Waals surface area contributed by atoms with E-state index in [0.717, 1.165) is 11.1 Å². The van der Waals surface area contributed by atoms with Crippen LogP contribution in [-0.4, -0.2) is 29.9 Å². The van der Waals surface area contributed by atoms with Gasteiger partial charge in [0, 0.05) is 12.2 Å². The van der Waals surface area contributed by atoms with Crippen LogP contribution in [-0.2, 0) is 22.6 Å². The van der Waals surface area contributed by atoms with Gasteiger partial charge in [0.05, 0.1) is 13.5 Å². The maximum Gasteiger partial charge on any atom is 0.247 e. The first-order chi connectivity index (χ1) is 15.1. The third kappa shape index (κ3) is 6.19. The fourth-order valence-electron chi connectivity index (χ4n) is 3.47. The molecule has 1 unspecified atom stereocenters. The second kappa shape index (κ2) is 11.0. The minimum absolute atomic E-state index is 0.0771. The summed E-state index contributed by atoms with van der Waals surface area (Å²) in [6.45, 7) is 2.30. The van der Waals surface area contributed by atoms with Gasteiger partial charge in [-0.2, -0.15) is 0 Å². The summed E-state index contributed by atoms with van der Waals surface area (Å²) in [6.07, 6.45) is 0.759. The predicted octanol–water partition coefficient (Wildman–Crippen LogP) is 4.68. The summed E-state index contributed by atoms with van der Waals surface area (Å²) in [6, 6.07) is 25.9. The number of nitrogens with one attached hydrogen (secondary N) is 1. The molecule has 5 heteroatoms. The van der Waals surface area contributed by atoms with Gasteiger partial charge in [0.1, 0.15) is 11.8 Å². The fourth-order valence-corrected chi connectivity index (χ4v) is 3.47. The maximum absolute atomic E-state index is 13.3. The highest BCUT2D eigenvalue weighted by Gasteiger charge is 2.28. The van der Waals surface area contributed by atoms with Gasteiger partial charge in [-0.15, -0.1) is 0 Å². The number of carbonyl (C=O) groups excluding carboxylic acids is 2. The lowest BCUT2D eigenvalue weighted by Crippen LogP contribution is -2.47. The van der Waals surface area contributed by atoms with E-state index in [2.05, 4.69) is 5.32 Å². The van der Waals surface area contributed by atoms with Crippen molar-refractivity contribution in [3.63, 3.8) is 0 Å². The van der Waals surface area contributed by atoms with Gasteiger partial charge in [-0.1, -0.05) is 67.6 Å². The van der Waals surface area contributed by atoms with E-state index in [-0.39, 0.29) is 18.2 Å². The average Bonchev–Trinajstić information content (AvgIpc) is 2.80. The highest BCUT2D eigenvalue weighted by Crippen LogP contribution is 2.18. The van der Waals surface area contributed by atoms with Gasteiger partial charge in [0.15, 0.2) is 0 Å². The molecule has 31 heavy (non-hydrogen) atoms. The van der Waals surface area contributed by atoms with E-state index in [1.807, 2.05) is 67.6 Å². The summed E-state index contributed by atoms with van der Waals surface area (Å²) in [5, 5.41) is 2.94. The van der Waals surface area contributed by atoms with E-state index in [1.54, 1.807) is 36.3 Å². The predicted molar refractivity (Wildman–Crippen MR) is 123 cm³/mol. The second-order valence-electron chi connectivity index (χ2n) is 7.31. The van der Waals surface area contributed by atoms with Crippen LogP contribution in [0.4, 0.5) is 5.69 Å². The molecule has 0 aliphatic rings. The second-order valence-corrected chi connectivity index (χ2v) is 7.31. The van der Waals surface area contributed by atoms with Crippen molar-refractivity contribution in [2.75, 3.05) is 12.4 Å². The maximum atomic E-state index is 13.3. The number of amides is 2. The molecule has 160 valence electrons. The molecule has 0 saturated heterocycles. The van der Waals surface area contributed by atoms with Crippen molar-refractivity contribution in [1.82, 2.24) is 4.90 Å². The Morgan fingerprint density at radius 3 is 2.00 bits per heavy atom. The third-order valence-electron chi connectivity index (χ3n) is 5.14. The molecule has 3 aromatic rings. The summed E-state index contributed by atoms with van der Waals surface area (Å²) < 4.78 is 5.17. The summed E-state index contributed by atoms with van der Waals surface area (Å²) >= 11 is 0. The Labute approximate surface area is 183 Å². The molecule has 0 aliphatic heterocycles. The normalized spacial score (nSPS) is 11.4. The lowest BCUT2D eigenvalue weighted by molar-refractivity contribution is -0.139. The standard InChI is InChI=1S/C26H28N2O3/c1-3-24(26(30)27-22-14-16-23(31-2)17-15-22)28(19-21-12-8-5-9-13-21)25(29)18-20-10-6-4-7-11-20/h4-17,24H,3,18-19H2,1-2H3,(H,27,30). The molecule has 0 radical (unpaired) electrons. The zero-order chi connectivity index (χ0) is 22.1. The number of hydrogen-bond acceptors (Lipinski definition) is 3. The smallest absolute Gasteiger partial charge is 0.247 e. The van der Waals surface area contributed by atoms with Crippen LogP contribution in [0.1, 0.15) is 24.5 Å². The number of methoxy groups -OCH3 is 1. The Kier molecular flexibility index (Phi) is 7.82. The van der Waals surface area contributed by atoms with E-state index in [1.165, 1.54) is 0 Å². The minimum Gasteiger partial charge on any atom is -0.497 e. The van der Waals surface area contributed by atoms with Gasteiger partial charge in [-0.05, 0) is 41.8 Å². The molecule has 0 aromatic heterocycles. The molecular formula is C26H28N2O3. The van der Waals surface area contributed by atoms with Gasteiger partial charge in [0.2, 0.25) is 11.8 Å². The molecule has 3 aromatic carbocycles. The highest BCUT2D eigenvalue weighted by atomic mass is 16.5. The van der Waals surface area contributed by atoms with Crippen molar-refractivity contribution >= 4 is 17.5 Å². The van der Waals surface area contributed by atoms with E-state index in [9.17, 15) is 9.59 Å². The van der Waals surface area contributed by atoms with Crippen molar-refractivity contribution in [2.24, 2.45) is 0 Å². The quantitative estimate of drug-likeness (QED) is 0.551. The molecular weight excluding hydrogens is 388 g/mol. The Hall–Kier alpha value is -3.60. The van der Waals surface area contributed by atoms with Crippen molar-refractivity contribution in [1.29, 1.82) is 0 Å². The van der Waals surface area contributed by atoms with Crippen LogP contribution in [0.2, 0.25) is 0 Å². The van der Waals surface area contributed by atoms with Crippen molar-refractivity contribution in [3.05, 3.63) is 96.1 Å². The van der Waals surface area contributed by atoms with Gasteiger partial charge in [0.25, 0.3) is 0 Å². The van der Waals surface area contributed by atoms with E-state index in [4.69, 9.17) is 4.74 Å². The Morgan fingerprint density at radius 2 is 1.45 bits per heavy atom. The number of hydrogen-bond donors (Lipinski definition) is 1. The number of ether oxygens (including phenoxy) is 1. The first-order valence-corrected chi connectivity index (χ1v) is 10.4. The number of anilines is 1. The van der Waals surface area contributed by atoms with Crippen molar-refractivity contribution < 1.29 is 14.3 Å². The molecule has 0 saturated carbocycles. The molecule has 2 amide bonds. The van der Waals surface area contributed by atoms with Gasteiger partial charge in [-0.25, -0.2) is 0 Å². The van der Waals surface area contributed by atoms with Crippen LogP contribution < -0.4 is 10.1 Å². The topological polar surface area (TPSA) is 58.6 Å². The number of nitrogens with zero attached hydrogens (tertiary/aromatic N) is 1. The molecule has 0 spiro atoms. The van der Waals surface area contributed by atoms with Gasteiger partial charge >= 0.3 is 0 Å². The first-order valence-electron chi connectivity index (χ1n) is 10.4. The molecule has 3 rings (SSSR count). The number of rotatable bonds is 9. The van der Waals surface area contributed by atoms with Crippen molar-refractivity contribution in [3.8, 4) is 5.75 Å². The van der Waals surface area contributed by atoms with Crippen LogP contribution >= 0.6 is 0 Å². The molecule has 0 bridgehead atoms. The van der Waals surface area contributed by atoms with E-state index in [0.29, 0.717) is 24.4 Å². The average molecular weight is 417 g/mol. The molecule has 5 nitrogen and oxygen atoms in total. The largest absolute Gasteiger partial charge is 0.497 e. The summed E-state index contributed by atoms with van der Waals surface area (Å²) in [4.78, 5) is 28.1. The molecule has 0 heterocycles. The lowest BCUT2D eigenvalue weighted by Gasteiger charge is -2.31. The fraction of sp³-hybridized carbons (Fsp3) is 0.231. The summed E-state index contributed by atoms with van der Waals surface area (Å²) in [5.41, 5.74) is 2.58. The SMILES string of the molecule is CCC(C(=O)Nc1ccc(OC)cc1)N(Cc1ccccc1)C(=O)Cc1ccccc1. The highest BCUT2D eigenvalue weighted by molar-refractivity contribution is 5.97. The Balaban J connectivity index is 1.81. The Bertz CT molecular complexity index is 973. The Morgan fingerprint density at radius 1 is 0.871 bits per heavy atom. The van der Waals surface area contributed by atoms with Crippen LogP contribution in [0.3, 0.4) is 0 Å². The van der Waals surface area contributed by atoms with Crippen LogP contribution in [0.25, 0.3) is 0 Å². The van der Waals surface area contributed by atoms with E-state index < -0.39 is 6.04 Å². The van der Waals surface area contributed by atoms with Gasteiger partial charge < -0.3 is 15.0 Å². The third-order valence-corrected chi connectivity index (χ3v) is 5.14. The molecule has 0 aliphatic carbocycles.